The molecule has 0 aliphatic rings. The van der Waals surface area contributed by atoms with Crippen molar-refractivity contribution in [2.75, 3.05) is 7.11 Å². The van der Waals surface area contributed by atoms with E-state index in [2.05, 4.69) is 32.0 Å². The van der Waals surface area contributed by atoms with Crippen LogP contribution in [0.5, 0.6) is 5.75 Å². The smallest absolute Gasteiger partial charge is 0.137 e. The van der Waals surface area contributed by atoms with E-state index in [0.29, 0.717) is 0 Å². The fraction of sp³-hybridized carbons (Fsp3) is 0.125. The molecule has 0 aliphatic heterocycles. The Kier molecular flexibility index (Phi) is 4.51. The molecule has 0 amide bonds. The van der Waals surface area contributed by atoms with Gasteiger partial charge in [0.05, 0.1) is 18.2 Å². The summed E-state index contributed by atoms with van der Waals surface area (Å²) < 4.78 is 11.6. The minimum atomic E-state index is 0.778. The summed E-state index contributed by atoms with van der Waals surface area (Å²) in [5, 5.41) is 1.78. The lowest BCUT2D eigenvalue weighted by Gasteiger charge is -2.07. The molecule has 4 rings (SSSR count). The molecule has 0 aliphatic carbocycles. The van der Waals surface area contributed by atoms with Gasteiger partial charge in [0.1, 0.15) is 17.1 Å². The molecule has 27 heavy (non-hydrogen) atoms. The zero-order valence-electron chi connectivity index (χ0n) is 15.7. The van der Waals surface area contributed by atoms with Crippen molar-refractivity contribution in [2.45, 2.75) is 13.8 Å². The monoisotopic (exact) mass is 355 g/mol. The third kappa shape index (κ3) is 3.63. The number of aryl methyl sites for hydroxylation is 2. The first kappa shape index (κ1) is 17.1. The normalized spacial score (nSPS) is 11.7. The predicted molar refractivity (Wildman–Crippen MR) is 109 cm³/mol. The Hall–Kier alpha value is -3.33. The number of hydrogen-bond donors (Lipinski definition) is 0. The standard InChI is InChI=1S/C24H21NO2/c1-16-11-17(2)13-19(12-16)25-22-15-24(18-7-5-4-6-8-18)27-23-10-9-20(26-3)14-21(22)23/h4-15H,1-3H3. The van der Waals surface area contributed by atoms with E-state index in [1.54, 1.807) is 7.11 Å². The van der Waals surface area contributed by atoms with Crippen molar-refractivity contribution < 1.29 is 9.15 Å². The molecule has 0 saturated heterocycles. The van der Waals surface area contributed by atoms with Gasteiger partial charge >= 0.3 is 0 Å². The van der Waals surface area contributed by atoms with Gasteiger partial charge in [0.25, 0.3) is 0 Å². The second-order valence-electron chi connectivity index (χ2n) is 6.68. The Balaban J connectivity index is 2.02. The van der Waals surface area contributed by atoms with Gasteiger partial charge in [0.2, 0.25) is 0 Å². The van der Waals surface area contributed by atoms with Crippen LogP contribution < -0.4 is 10.1 Å². The van der Waals surface area contributed by atoms with Crippen LogP contribution in [0.15, 0.2) is 82.2 Å². The molecule has 0 saturated carbocycles. The van der Waals surface area contributed by atoms with E-state index in [0.717, 1.165) is 39.1 Å². The van der Waals surface area contributed by atoms with Gasteiger partial charge in [0, 0.05) is 17.0 Å². The van der Waals surface area contributed by atoms with Crippen molar-refractivity contribution in [3.8, 4) is 17.1 Å². The van der Waals surface area contributed by atoms with E-state index < -0.39 is 0 Å². The van der Waals surface area contributed by atoms with Crippen molar-refractivity contribution in [3.63, 3.8) is 0 Å². The minimum absolute atomic E-state index is 0.778. The topological polar surface area (TPSA) is 34.7 Å². The zero-order chi connectivity index (χ0) is 18.8. The van der Waals surface area contributed by atoms with E-state index in [-0.39, 0.29) is 0 Å². The van der Waals surface area contributed by atoms with Gasteiger partial charge in [-0.1, -0.05) is 36.4 Å². The molecule has 0 radical (unpaired) electrons. The summed E-state index contributed by atoms with van der Waals surface area (Å²) in [7, 11) is 1.66. The first-order chi connectivity index (χ1) is 13.1. The van der Waals surface area contributed by atoms with Crippen LogP contribution in [0, 0.1) is 13.8 Å². The maximum Gasteiger partial charge on any atom is 0.137 e. The molecule has 3 nitrogen and oxygen atoms in total. The lowest BCUT2D eigenvalue weighted by molar-refractivity contribution is 0.415. The third-order valence-corrected chi connectivity index (χ3v) is 4.46. The van der Waals surface area contributed by atoms with Crippen LogP contribution in [0.4, 0.5) is 5.69 Å². The fourth-order valence-electron chi connectivity index (χ4n) is 3.27. The number of hydrogen-bond acceptors (Lipinski definition) is 3. The Morgan fingerprint density at radius 2 is 1.56 bits per heavy atom. The Labute approximate surface area is 158 Å². The van der Waals surface area contributed by atoms with E-state index in [1.165, 1.54) is 11.1 Å². The summed E-state index contributed by atoms with van der Waals surface area (Å²) in [6, 6.07) is 24.2. The second kappa shape index (κ2) is 7.12. The number of rotatable bonds is 3. The first-order valence-electron chi connectivity index (χ1n) is 8.93. The summed E-state index contributed by atoms with van der Waals surface area (Å²) in [6.45, 7) is 4.17. The van der Waals surface area contributed by atoms with Crippen LogP contribution >= 0.6 is 0 Å². The van der Waals surface area contributed by atoms with Gasteiger partial charge < -0.3 is 9.15 Å². The molecule has 3 aromatic carbocycles. The highest BCUT2D eigenvalue weighted by Gasteiger charge is 2.07. The quantitative estimate of drug-likeness (QED) is 0.454. The van der Waals surface area contributed by atoms with Crippen LogP contribution in [0.1, 0.15) is 11.1 Å². The second-order valence-corrected chi connectivity index (χ2v) is 6.68. The SMILES string of the molecule is COc1ccc2oc(-c3ccccc3)cc(=Nc3cc(C)cc(C)c3)c2c1. The predicted octanol–water partition coefficient (Wildman–Crippen LogP) is 5.96. The maximum atomic E-state index is 6.16. The average Bonchev–Trinajstić information content (AvgIpc) is 2.67. The lowest BCUT2D eigenvalue weighted by atomic mass is 10.1. The van der Waals surface area contributed by atoms with Crippen LogP contribution in [0.2, 0.25) is 0 Å². The minimum Gasteiger partial charge on any atom is -0.497 e. The van der Waals surface area contributed by atoms with E-state index in [9.17, 15) is 0 Å². The molecular formula is C24H21NO2. The first-order valence-corrected chi connectivity index (χ1v) is 8.93. The number of benzene rings is 3. The molecule has 1 heterocycles. The lowest BCUT2D eigenvalue weighted by Crippen LogP contribution is -2.03. The maximum absolute atomic E-state index is 6.16. The summed E-state index contributed by atoms with van der Waals surface area (Å²) in [5.74, 6) is 1.57. The van der Waals surface area contributed by atoms with Gasteiger partial charge in [-0.2, -0.15) is 0 Å². The Morgan fingerprint density at radius 1 is 0.815 bits per heavy atom. The van der Waals surface area contributed by atoms with Gasteiger partial charge in [-0.3, -0.25) is 0 Å². The largest absolute Gasteiger partial charge is 0.497 e. The summed E-state index contributed by atoms with van der Waals surface area (Å²) in [4.78, 5) is 4.94. The van der Waals surface area contributed by atoms with Crippen LogP contribution in [-0.2, 0) is 0 Å². The van der Waals surface area contributed by atoms with Crippen molar-refractivity contribution >= 4 is 16.7 Å². The highest BCUT2D eigenvalue weighted by molar-refractivity contribution is 5.80. The molecule has 134 valence electrons. The molecule has 0 atom stereocenters. The van der Waals surface area contributed by atoms with Gasteiger partial charge in [-0.05, 0) is 55.3 Å². The van der Waals surface area contributed by atoms with Crippen LogP contribution in [0.25, 0.3) is 22.3 Å². The van der Waals surface area contributed by atoms with Crippen molar-refractivity contribution in [1.82, 2.24) is 0 Å². The molecule has 0 spiro atoms. The van der Waals surface area contributed by atoms with Crippen molar-refractivity contribution in [2.24, 2.45) is 4.99 Å². The molecule has 0 fully saturated rings. The fourth-order valence-corrected chi connectivity index (χ4v) is 3.27. The molecule has 0 N–H and O–H groups in total. The van der Waals surface area contributed by atoms with Crippen LogP contribution in [0.3, 0.4) is 0 Å². The summed E-state index contributed by atoms with van der Waals surface area (Å²) >= 11 is 0. The van der Waals surface area contributed by atoms with Crippen LogP contribution in [-0.4, -0.2) is 7.11 Å². The third-order valence-electron chi connectivity index (χ3n) is 4.46. The number of nitrogens with zero attached hydrogens (tertiary/aromatic N) is 1. The molecule has 1 aromatic heterocycles. The van der Waals surface area contributed by atoms with Crippen molar-refractivity contribution in [3.05, 3.63) is 89.3 Å². The van der Waals surface area contributed by atoms with Crippen molar-refractivity contribution in [1.29, 1.82) is 0 Å². The van der Waals surface area contributed by atoms with Gasteiger partial charge in [0.15, 0.2) is 0 Å². The highest BCUT2D eigenvalue weighted by Crippen LogP contribution is 2.25. The summed E-state index contributed by atoms with van der Waals surface area (Å²) in [6.07, 6.45) is 0. The van der Waals surface area contributed by atoms with E-state index >= 15 is 0 Å². The van der Waals surface area contributed by atoms with Gasteiger partial charge in [-0.15, -0.1) is 0 Å². The number of methoxy groups -OCH3 is 1. The molecule has 3 heteroatoms. The Morgan fingerprint density at radius 3 is 2.26 bits per heavy atom. The molecular weight excluding hydrogens is 334 g/mol. The summed E-state index contributed by atoms with van der Waals surface area (Å²) in [5.41, 5.74) is 5.12. The highest BCUT2D eigenvalue weighted by atomic mass is 16.5. The Bertz CT molecular complexity index is 1150. The number of fused-ring (bicyclic) bond motifs is 1. The van der Waals surface area contributed by atoms with Gasteiger partial charge in [-0.25, -0.2) is 4.99 Å². The average molecular weight is 355 g/mol. The molecule has 0 unspecified atom stereocenters. The molecule has 4 aromatic rings. The zero-order valence-corrected chi connectivity index (χ0v) is 15.7. The van der Waals surface area contributed by atoms with E-state index in [4.69, 9.17) is 14.1 Å². The van der Waals surface area contributed by atoms with E-state index in [1.807, 2.05) is 54.6 Å². The number of ether oxygens (including phenoxy) is 1. The molecule has 0 bridgehead atoms.